The monoisotopic (exact) mass is 475 g/mol. The van der Waals surface area contributed by atoms with E-state index >= 15 is 0 Å². The highest BCUT2D eigenvalue weighted by Crippen LogP contribution is 2.42. The molecule has 184 valence electrons. The van der Waals surface area contributed by atoms with Crippen LogP contribution in [0.5, 0.6) is 0 Å². The van der Waals surface area contributed by atoms with Crippen LogP contribution < -0.4 is 0 Å². The molecule has 1 fully saturated rings. The molecule has 3 heterocycles. The number of ketones is 1. The lowest BCUT2D eigenvalue weighted by molar-refractivity contribution is -0.0892. The summed E-state index contributed by atoms with van der Waals surface area (Å²) in [7, 11) is 1.97. The molecule has 0 aliphatic carbocycles. The third-order valence-corrected chi connectivity index (χ3v) is 8.01. The number of likely N-dealkylation sites (N-methyl/N-ethyl adjacent to an activating group) is 1. The fourth-order valence-corrected chi connectivity index (χ4v) is 5.29. The Morgan fingerprint density at radius 1 is 0.941 bits per heavy atom. The standard InChI is InChI=1S/C26H32F3N3O2/c1-5-24(2,3)19-8-6-18(7-9-19)23(34)31-14-12-25(13-15-31)21-11-10-20(22(33)26(27,28)29)32(21)17-16-30(25)4/h6-11H,5,12-17H2,1-4H3. The van der Waals surface area contributed by atoms with E-state index in [0.29, 0.717) is 44.6 Å². The molecule has 1 spiro atoms. The number of piperidine rings is 1. The van der Waals surface area contributed by atoms with Crippen molar-refractivity contribution in [3.05, 3.63) is 58.9 Å². The number of carbonyl (C=O) groups is 2. The quantitative estimate of drug-likeness (QED) is 0.585. The topological polar surface area (TPSA) is 45.6 Å². The predicted molar refractivity (Wildman–Crippen MR) is 124 cm³/mol. The van der Waals surface area contributed by atoms with E-state index in [1.165, 1.54) is 16.2 Å². The van der Waals surface area contributed by atoms with Crippen LogP contribution in [0.2, 0.25) is 0 Å². The number of halogens is 3. The lowest BCUT2D eigenvalue weighted by atomic mass is 9.81. The van der Waals surface area contributed by atoms with E-state index < -0.39 is 17.5 Å². The molecule has 0 atom stereocenters. The molecular formula is C26H32F3N3O2. The number of benzene rings is 1. The molecule has 0 radical (unpaired) electrons. The molecule has 5 nitrogen and oxygen atoms in total. The van der Waals surface area contributed by atoms with Crippen LogP contribution in [-0.4, -0.2) is 58.9 Å². The first kappa shape index (κ1) is 24.5. The Labute approximate surface area is 198 Å². The maximum Gasteiger partial charge on any atom is 0.456 e. The molecule has 34 heavy (non-hydrogen) atoms. The summed E-state index contributed by atoms with van der Waals surface area (Å²) in [5.41, 5.74) is 1.82. The molecule has 1 aromatic carbocycles. The molecule has 0 bridgehead atoms. The highest BCUT2D eigenvalue weighted by atomic mass is 19.4. The zero-order valence-electron chi connectivity index (χ0n) is 20.2. The molecule has 2 aliphatic rings. The van der Waals surface area contributed by atoms with Gasteiger partial charge in [-0.05, 0) is 61.6 Å². The average molecular weight is 476 g/mol. The third kappa shape index (κ3) is 4.06. The van der Waals surface area contributed by atoms with Gasteiger partial charge in [0.1, 0.15) is 0 Å². The summed E-state index contributed by atoms with van der Waals surface area (Å²) in [6.07, 6.45) is -2.71. The summed E-state index contributed by atoms with van der Waals surface area (Å²) in [5.74, 6) is -1.83. The lowest BCUT2D eigenvalue weighted by Gasteiger charge is -2.50. The Morgan fingerprint density at radius 2 is 1.56 bits per heavy atom. The van der Waals surface area contributed by atoms with E-state index in [1.54, 1.807) is 6.07 Å². The summed E-state index contributed by atoms with van der Waals surface area (Å²) in [6.45, 7) is 8.38. The molecule has 4 rings (SSSR count). The van der Waals surface area contributed by atoms with Crippen LogP contribution in [0, 0.1) is 0 Å². The van der Waals surface area contributed by atoms with Gasteiger partial charge in [0.15, 0.2) is 0 Å². The van der Waals surface area contributed by atoms with Gasteiger partial charge in [-0.15, -0.1) is 0 Å². The van der Waals surface area contributed by atoms with Crippen LogP contribution in [-0.2, 0) is 17.5 Å². The Balaban J connectivity index is 1.53. The molecule has 8 heteroatoms. The van der Waals surface area contributed by atoms with Gasteiger partial charge in [-0.1, -0.05) is 32.9 Å². The Hall–Kier alpha value is -2.61. The number of Topliss-reactive ketones (excluding diaryl/α,β-unsaturated/α-hetero) is 1. The molecule has 0 N–H and O–H groups in total. The Morgan fingerprint density at radius 3 is 2.12 bits per heavy atom. The number of carbonyl (C=O) groups excluding carboxylic acids is 2. The minimum Gasteiger partial charge on any atom is -0.339 e. The van der Waals surface area contributed by atoms with Crippen molar-refractivity contribution >= 4 is 11.7 Å². The minimum atomic E-state index is -4.90. The second-order valence-corrected chi connectivity index (χ2v) is 10.1. The van der Waals surface area contributed by atoms with Gasteiger partial charge in [-0.3, -0.25) is 14.5 Å². The molecule has 2 aromatic rings. The second-order valence-electron chi connectivity index (χ2n) is 10.1. The summed E-state index contributed by atoms with van der Waals surface area (Å²) < 4.78 is 40.8. The normalized spacial score (nSPS) is 18.7. The number of amides is 1. The summed E-state index contributed by atoms with van der Waals surface area (Å²) in [6, 6.07) is 10.7. The number of fused-ring (bicyclic) bond motifs is 2. The first-order valence-electron chi connectivity index (χ1n) is 11.8. The molecule has 1 aromatic heterocycles. The van der Waals surface area contributed by atoms with E-state index in [4.69, 9.17) is 0 Å². The fraction of sp³-hybridized carbons (Fsp3) is 0.538. The zero-order chi connectivity index (χ0) is 24.9. The largest absolute Gasteiger partial charge is 0.456 e. The molecule has 1 amide bonds. The SMILES string of the molecule is CCC(C)(C)c1ccc(C(=O)N2CCC3(CC2)c2ccc(C(=O)C(F)(F)F)n2CCN3C)cc1. The van der Waals surface area contributed by atoms with E-state index in [-0.39, 0.29) is 17.0 Å². The van der Waals surface area contributed by atoms with Gasteiger partial charge >= 0.3 is 6.18 Å². The van der Waals surface area contributed by atoms with Crippen LogP contribution in [0.15, 0.2) is 36.4 Å². The molecule has 2 aliphatic heterocycles. The highest BCUT2D eigenvalue weighted by Gasteiger charge is 2.47. The first-order valence-corrected chi connectivity index (χ1v) is 11.8. The van der Waals surface area contributed by atoms with Gasteiger partial charge in [-0.25, -0.2) is 0 Å². The molecule has 1 saturated heterocycles. The second kappa shape index (κ2) is 8.56. The fourth-order valence-electron chi connectivity index (χ4n) is 5.29. The molecule has 0 unspecified atom stereocenters. The maximum atomic E-state index is 13.2. The average Bonchev–Trinajstić information content (AvgIpc) is 3.25. The van der Waals surface area contributed by atoms with Crippen molar-refractivity contribution in [2.75, 3.05) is 26.7 Å². The van der Waals surface area contributed by atoms with E-state index in [1.807, 2.05) is 36.2 Å². The number of alkyl halides is 3. The van der Waals surface area contributed by atoms with Crippen molar-refractivity contribution in [1.82, 2.24) is 14.4 Å². The number of aromatic nitrogens is 1. The zero-order valence-corrected chi connectivity index (χ0v) is 20.2. The van der Waals surface area contributed by atoms with Crippen LogP contribution >= 0.6 is 0 Å². The van der Waals surface area contributed by atoms with Crippen LogP contribution in [0.3, 0.4) is 0 Å². The van der Waals surface area contributed by atoms with Gasteiger partial charge in [-0.2, -0.15) is 13.2 Å². The van der Waals surface area contributed by atoms with Crippen LogP contribution in [0.25, 0.3) is 0 Å². The smallest absolute Gasteiger partial charge is 0.339 e. The van der Waals surface area contributed by atoms with Crippen LogP contribution in [0.1, 0.15) is 72.1 Å². The van der Waals surface area contributed by atoms with Gasteiger partial charge < -0.3 is 9.47 Å². The highest BCUT2D eigenvalue weighted by molar-refractivity contribution is 5.99. The number of hydrogen-bond donors (Lipinski definition) is 0. The van der Waals surface area contributed by atoms with Crippen molar-refractivity contribution in [1.29, 1.82) is 0 Å². The maximum absolute atomic E-state index is 13.2. The number of nitrogens with zero attached hydrogens (tertiary/aromatic N) is 3. The van der Waals surface area contributed by atoms with E-state index in [9.17, 15) is 22.8 Å². The Bertz CT molecular complexity index is 1080. The first-order chi connectivity index (χ1) is 15.9. The number of likely N-dealkylation sites (tertiary alicyclic amines) is 1. The van der Waals surface area contributed by atoms with Gasteiger partial charge in [0.25, 0.3) is 11.7 Å². The summed E-state index contributed by atoms with van der Waals surface area (Å²) in [4.78, 5) is 29.1. The molecular weight excluding hydrogens is 443 g/mol. The lowest BCUT2D eigenvalue weighted by Crippen LogP contribution is -2.56. The van der Waals surface area contributed by atoms with Gasteiger partial charge in [0, 0.05) is 37.4 Å². The third-order valence-electron chi connectivity index (χ3n) is 8.01. The minimum absolute atomic E-state index is 0.0301. The number of rotatable bonds is 4. The van der Waals surface area contributed by atoms with Crippen molar-refractivity contribution in [3.8, 4) is 0 Å². The Kier molecular flexibility index (Phi) is 6.17. The summed E-state index contributed by atoms with van der Waals surface area (Å²) >= 11 is 0. The van der Waals surface area contributed by atoms with Crippen LogP contribution in [0.4, 0.5) is 13.2 Å². The molecule has 0 saturated carbocycles. The number of hydrogen-bond acceptors (Lipinski definition) is 3. The van der Waals surface area contributed by atoms with Gasteiger partial charge in [0.2, 0.25) is 0 Å². The predicted octanol–water partition coefficient (Wildman–Crippen LogP) is 5.00. The van der Waals surface area contributed by atoms with E-state index in [2.05, 4.69) is 25.7 Å². The summed E-state index contributed by atoms with van der Waals surface area (Å²) in [5, 5.41) is 0. The van der Waals surface area contributed by atoms with Crippen molar-refractivity contribution in [2.45, 2.75) is 63.7 Å². The van der Waals surface area contributed by atoms with Crippen molar-refractivity contribution in [2.24, 2.45) is 0 Å². The van der Waals surface area contributed by atoms with Crippen molar-refractivity contribution in [3.63, 3.8) is 0 Å². The van der Waals surface area contributed by atoms with Gasteiger partial charge in [0.05, 0.1) is 11.2 Å². The van der Waals surface area contributed by atoms with Crippen molar-refractivity contribution < 1.29 is 22.8 Å². The van der Waals surface area contributed by atoms with E-state index in [0.717, 1.165) is 12.1 Å².